The molecular formula is C12H16N4O. The van der Waals surface area contributed by atoms with Gasteiger partial charge >= 0.3 is 0 Å². The molecule has 2 aromatic heterocycles. The summed E-state index contributed by atoms with van der Waals surface area (Å²) in [5.74, 6) is 0.722. The lowest BCUT2D eigenvalue weighted by atomic mass is 10.3. The maximum absolute atomic E-state index is 5.25. The van der Waals surface area contributed by atoms with Crippen LogP contribution >= 0.6 is 0 Å². The van der Waals surface area contributed by atoms with Crippen LogP contribution in [-0.4, -0.2) is 21.9 Å². The first-order valence-electron chi connectivity index (χ1n) is 5.53. The highest BCUT2D eigenvalue weighted by atomic mass is 16.5. The Kier molecular flexibility index (Phi) is 3.27. The van der Waals surface area contributed by atoms with Crippen molar-refractivity contribution in [2.24, 2.45) is 0 Å². The van der Waals surface area contributed by atoms with Gasteiger partial charge in [0, 0.05) is 18.4 Å². The summed E-state index contributed by atoms with van der Waals surface area (Å²) in [4.78, 5) is 4.19. The maximum atomic E-state index is 5.25. The highest BCUT2D eigenvalue weighted by Gasteiger charge is 2.05. The van der Waals surface area contributed by atoms with Crippen LogP contribution in [-0.2, 0) is 6.54 Å². The summed E-state index contributed by atoms with van der Waals surface area (Å²) in [5, 5.41) is 7.48. The number of anilines is 2. The second-order valence-electron chi connectivity index (χ2n) is 3.74. The number of ether oxygens (including phenoxy) is 1. The third-order valence-electron chi connectivity index (χ3n) is 2.46. The van der Waals surface area contributed by atoms with E-state index in [-0.39, 0.29) is 0 Å². The van der Waals surface area contributed by atoms with Gasteiger partial charge in [-0.3, -0.25) is 9.67 Å². The van der Waals surface area contributed by atoms with Crippen LogP contribution in [0.2, 0.25) is 0 Å². The smallest absolute Gasteiger partial charge is 0.160 e. The van der Waals surface area contributed by atoms with Crippen molar-refractivity contribution in [1.29, 1.82) is 0 Å². The average molecular weight is 232 g/mol. The number of aromatic nitrogens is 3. The van der Waals surface area contributed by atoms with E-state index in [1.165, 1.54) is 0 Å². The molecule has 2 aromatic rings. The molecule has 0 saturated carbocycles. The van der Waals surface area contributed by atoms with Gasteiger partial charge in [-0.2, -0.15) is 5.10 Å². The second-order valence-corrected chi connectivity index (χ2v) is 3.74. The predicted octanol–water partition coefficient (Wildman–Crippen LogP) is 2.36. The SMILES string of the molecule is CCn1cc(Nc2cc(C)ncc2OC)cn1. The first-order valence-corrected chi connectivity index (χ1v) is 5.53. The number of pyridine rings is 1. The quantitative estimate of drug-likeness (QED) is 0.879. The van der Waals surface area contributed by atoms with Crippen LogP contribution in [0, 0.1) is 6.92 Å². The Morgan fingerprint density at radius 2 is 2.24 bits per heavy atom. The lowest BCUT2D eigenvalue weighted by molar-refractivity contribution is 0.415. The van der Waals surface area contributed by atoms with Gasteiger partial charge in [0.05, 0.1) is 30.9 Å². The van der Waals surface area contributed by atoms with Crippen LogP contribution in [0.15, 0.2) is 24.7 Å². The summed E-state index contributed by atoms with van der Waals surface area (Å²) < 4.78 is 7.12. The van der Waals surface area contributed by atoms with E-state index in [9.17, 15) is 0 Å². The number of rotatable bonds is 4. The first-order chi connectivity index (χ1) is 8.22. The summed E-state index contributed by atoms with van der Waals surface area (Å²) in [6, 6.07) is 1.95. The second kappa shape index (κ2) is 4.86. The Bertz CT molecular complexity index is 507. The predicted molar refractivity (Wildman–Crippen MR) is 66.7 cm³/mol. The van der Waals surface area contributed by atoms with E-state index in [1.807, 2.05) is 30.8 Å². The minimum absolute atomic E-state index is 0.722. The third-order valence-corrected chi connectivity index (χ3v) is 2.46. The van der Waals surface area contributed by atoms with E-state index in [0.717, 1.165) is 29.4 Å². The fourth-order valence-corrected chi connectivity index (χ4v) is 1.56. The summed E-state index contributed by atoms with van der Waals surface area (Å²) >= 11 is 0. The molecule has 0 unspecified atom stereocenters. The molecule has 0 radical (unpaired) electrons. The molecule has 1 N–H and O–H groups in total. The van der Waals surface area contributed by atoms with Crippen LogP contribution in [0.1, 0.15) is 12.6 Å². The van der Waals surface area contributed by atoms with Crippen LogP contribution in [0.3, 0.4) is 0 Å². The lowest BCUT2D eigenvalue weighted by Crippen LogP contribution is -1.96. The van der Waals surface area contributed by atoms with Gasteiger partial charge in [0.1, 0.15) is 0 Å². The maximum Gasteiger partial charge on any atom is 0.160 e. The molecule has 17 heavy (non-hydrogen) atoms. The van der Waals surface area contributed by atoms with Crippen molar-refractivity contribution in [2.75, 3.05) is 12.4 Å². The Morgan fingerprint density at radius 1 is 1.41 bits per heavy atom. The Balaban J connectivity index is 2.25. The minimum Gasteiger partial charge on any atom is -0.493 e. The van der Waals surface area contributed by atoms with Gasteiger partial charge in [0.15, 0.2) is 5.75 Å². The van der Waals surface area contributed by atoms with Gasteiger partial charge in [0.25, 0.3) is 0 Å². The molecule has 0 bridgehead atoms. The van der Waals surface area contributed by atoms with Crippen molar-refractivity contribution in [2.45, 2.75) is 20.4 Å². The summed E-state index contributed by atoms with van der Waals surface area (Å²) in [7, 11) is 1.63. The van der Waals surface area contributed by atoms with Crippen molar-refractivity contribution >= 4 is 11.4 Å². The Morgan fingerprint density at radius 3 is 2.88 bits per heavy atom. The molecular weight excluding hydrogens is 216 g/mol. The zero-order valence-electron chi connectivity index (χ0n) is 10.3. The molecule has 0 aliphatic heterocycles. The van der Waals surface area contributed by atoms with Gasteiger partial charge in [-0.25, -0.2) is 0 Å². The van der Waals surface area contributed by atoms with E-state index in [4.69, 9.17) is 4.74 Å². The van der Waals surface area contributed by atoms with Crippen LogP contribution < -0.4 is 10.1 Å². The normalized spacial score (nSPS) is 10.3. The van der Waals surface area contributed by atoms with Gasteiger partial charge in [-0.05, 0) is 19.9 Å². The molecule has 0 saturated heterocycles. The molecule has 5 nitrogen and oxygen atoms in total. The number of hydrogen-bond donors (Lipinski definition) is 1. The first kappa shape index (κ1) is 11.4. The van der Waals surface area contributed by atoms with Gasteiger partial charge in [-0.1, -0.05) is 0 Å². The van der Waals surface area contributed by atoms with Crippen molar-refractivity contribution < 1.29 is 4.74 Å². The van der Waals surface area contributed by atoms with Crippen molar-refractivity contribution in [3.05, 3.63) is 30.4 Å². The van der Waals surface area contributed by atoms with Crippen LogP contribution in [0.5, 0.6) is 5.75 Å². The molecule has 0 spiro atoms. The highest BCUT2D eigenvalue weighted by molar-refractivity contribution is 5.65. The molecule has 0 atom stereocenters. The van der Waals surface area contributed by atoms with Gasteiger partial charge < -0.3 is 10.1 Å². The number of methoxy groups -OCH3 is 1. The molecule has 5 heteroatoms. The van der Waals surface area contributed by atoms with E-state index >= 15 is 0 Å². The minimum atomic E-state index is 0.722. The zero-order chi connectivity index (χ0) is 12.3. The summed E-state index contributed by atoms with van der Waals surface area (Å²) in [6.07, 6.45) is 5.45. The fraction of sp³-hybridized carbons (Fsp3) is 0.333. The van der Waals surface area contributed by atoms with Crippen LogP contribution in [0.4, 0.5) is 11.4 Å². The lowest BCUT2D eigenvalue weighted by Gasteiger charge is -2.09. The van der Waals surface area contributed by atoms with E-state index in [0.29, 0.717) is 0 Å². The molecule has 0 aromatic carbocycles. The molecule has 2 rings (SSSR count). The largest absolute Gasteiger partial charge is 0.493 e. The highest BCUT2D eigenvalue weighted by Crippen LogP contribution is 2.26. The van der Waals surface area contributed by atoms with E-state index in [2.05, 4.69) is 15.4 Å². The molecule has 0 aliphatic rings. The molecule has 0 fully saturated rings. The standard InChI is InChI=1S/C12H16N4O/c1-4-16-8-10(6-14-16)15-11-5-9(2)13-7-12(11)17-3/h5-8H,4H2,1-3H3,(H,13,15). The molecule has 2 heterocycles. The summed E-state index contributed by atoms with van der Waals surface area (Å²) in [5.41, 5.74) is 2.78. The number of aryl methyl sites for hydroxylation is 2. The molecule has 90 valence electrons. The van der Waals surface area contributed by atoms with E-state index < -0.39 is 0 Å². The third kappa shape index (κ3) is 2.55. The summed E-state index contributed by atoms with van der Waals surface area (Å²) in [6.45, 7) is 4.85. The van der Waals surface area contributed by atoms with Crippen molar-refractivity contribution in [3.63, 3.8) is 0 Å². The van der Waals surface area contributed by atoms with Crippen molar-refractivity contribution in [1.82, 2.24) is 14.8 Å². The van der Waals surface area contributed by atoms with Crippen molar-refractivity contribution in [3.8, 4) is 5.75 Å². The average Bonchev–Trinajstić information content (AvgIpc) is 2.77. The number of nitrogens with one attached hydrogen (secondary N) is 1. The number of nitrogens with zero attached hydrogens (tertiary/aromatic N) is 3. The molecule has 0 aliphatic carbocycles. The Labute approximate surface area is 100 Å². The molecule has 0 amide bonds. The number of hydrogen-bond acceptors (Lipinski definition) is 4. The Hall–Kier alpha value is -2.04. The monoisotopic (exact) mass is 232 g/mol. The fourth-order valence-electron chi connectivity index (χ4n) is 1.56. The van der Waals surface area contributed by atoms with E-state index in [1.54, 1.807) is 19.5 Å². The van der Waals surface area contributed by atoms with Crippen LogP contribution in [0.25, 0.3) is 0 Å². The zero-order valence-corrected chi connectivity index (χ0v) is 10.3. The topological polar surface area (TPSA) is 52.0 Å². The van der Waals surface area contributed by atoms with Gasteiger partial charge in [-0.15, -0.1) is 0 Å². The van der Waals surface area contributed by atoms with Gasteiger partial charge in [0.2, 0.25) is 0 Å².